The lowest BCUT2D eigenvalue weighted by Gasteiger charge is -2.51. The molecule has 12 bridgehead atoms. The monoisotopic (exact) mass is 1230 g/mol. The van der Waals surface area contributed by atoms with Gasteiger partial charge < -0.3 is 181 Å². The van der Waals surface area contributed by atoms with Gasteiger partial charge in [-0.1, -0.05) is 0 Å². The first-order valence-corrected chi connectivity index (χ1v) is 28.3. The van der Waals surface area contributed by atoms with Crippen LogP contribution in [-0.4, -0.2) is 394 Å². The molecule has 22 aliphatic heterocycles. The zero-order valence-electron chi connectivity index (χ0n) is 46.0. The van der Waals surface area contributed by atoms with Crippen LogP contribution >= 0.6 is 0 Å². The van der Waals surface area contributed by atoms with Gasteiger partial charge in [-0.15, -0.1) is 0 Å². The molecule has 0 aromatic carbocycles. The molecule has 0 spiro atoms. The van der Waals surface area contributed by atoms with E-state index in [4.69, 9.17) is 56.8 Å². The van der Waals surface area contributed by atoms with Crippen molar-refractivity contribution in [1.29, 1.82) is 0 Å². The molecule has 0 aromatic rings. The highest BCUT2D eigenvalue weighted by Gasteiger charge is 2.59. The van der Waals surface area contributed by atoms with Crippen molar-refractivity contribution in [1.82, 2.24) is 31.9 Å². The fourth-order valence-corrected chi connectivity index (χ4v) is 11.0. The summed E-state index contributed by atoms with van der Waals surface area (Å²) in [7, 11) is 0. The fourth-order valence-electron chi connectivity index (χ4n) is 11.0. The van der Waals surface area contributed by atoms with Gasteiger partial charge in [-0.2, -0.15) is 0 Å². The molecule has 22 rings (SSSR count). The van der Waals surface area contributed by atoms with Crippen LogP contribution in [0, 0.1) is 0 Å². The SMILES string of the molecule is OCCNC[C@H]1O[C@@H]2O[C@H]3[C@H](O)[C@@H](O)[C@@H](O[C@H]4[C@H](O)[C@@H](O)[C@@H](O[C@H]5[C@H](O)[C@@H](O)[C@@H](O[C@H]6[C@H](O)[C@@H](O)[C@@H](O[C@H]7[C@H](O)[C@@H](O)[C@@H](O[C@H]1[C@H](O)[C@H]2O)O[C@@H]7CNCCO)O[C@@H]6CNCCO)O[C@@H]5CNCCO)O[C@@H]4CNCCO)O[C@@H]3CNCCO. The van der Waals surface area contributed by atoms with Crippen LogP contribution in [0.25, 0.3) is 0 Å². The van der Waals surface area contributed by atoms with Gasteiger partial charge in [-0.3, -0.25) is 0 Å². The van der Waals surface area contributed by atoms with Crippen molar-refractivity contribution in [2.75, 3.05) is 118 Å². The molecule has 22 saturated heterocycles. The zero-order chi connectivity index (χ0) is 60.8. The summed E-state index contributed by atoms with van der Waals surface area (Å²) in [6, 6.07) is 0. The van der Waals surface area contributed by atoms with Crippen LogP contribution in [0.2, 0.25) is 0 Å². The maximum atomic E-state index is 11.9. The van der Waals surface area contributed by atoms with Gasteiger partial charge in [0.2, 0.25) is 0 Å². The van der Waals surface area contributed by atoms with Crippen LogP contribution in [0.5, 0.6) is 0 Å². The van der Waals surface area contributed by atoms with Gasteiger partial charge >= 0.3 is 0 Å². The summed E-state index contributed by atoms with van der Waals surface area (Å²) >= 11 is 0. The Morgan fingerprint density at radius 3 is 0.440 bits per heavy atom. The number of aliphatic hydroxyl groups excluding tert-OH is 18. The predicted octanol–water partition coefficient (Wildman–Crippen LogP) is -15.5. The first-order chi connectivity index (χ1) is 40.4. The van der Waals surface area contributed by atoms with E-state index in [0.29, 0.717) is 0 Å². The van der Waals surface area contributed by atoms with Gasteiger partial charge in [0.1, 0.15) is 146 Å². The molecule has 0 amide bonds. The first kappa shape index (κ1) is 70.0. The predicted molar refractivity (Wildman–Crippen MR) is 273 cm³/mol. The van der Waals surface area contributed by atoms with Gasteiger partial charge in [-0.05, 0) is 0 Å². The maximum absolute atomic E-state index is 11.9. The molecule has 0 radical (unpaired) electrons. The van der Waals surface area contributed by atoms with Crippen molar-refractivity contribution in [2.24, 2.45) is 0 Å². The largest absolute Gasteiger partial charge is 0.395 e. The third kappa shape index (κ3) is 17.1. The molecule has 22 aliphatic rings. The Morgan fingerprint density at radius 1 is 0.190 bits per heavy atom. The number of aliphatic hydroxyl groups is 18. The Labute approximate surface area is 482 Å². The Morgan fingerprint density at radius 2 is 0.321 bits per heavy atom. The molecule has 0 saturated carbocycles. The lowest BCUT2D eigenvalue weighted by atomic mass is 9.94. The normalized spacial score (nSPS) is 46.1. The number of hydrogen-bond acceptors (Lipinski definition) is 36. The van der Waals surface area contributed by atoms with Crippen LogP contribution in [0.15, 0.2) is 0 Å². The van der Waals surface area contributed by atoms with Gasteiger partial charge in [0.25, 0.3) is 0 Å². The molecule has 0 unspecified atom stereocenters. The zero-order valence-corrected chi connectivity index (χ0v) is 46.0. The summed E-state index contributed by atoms with van der Waals surface area (Å²) in [6.45, 7) is -4.18. The van der Waals surface area contributed by atoms with Gasteiger partial charge in [0.15, 0.2) is 37.7 Å². The van der Waals surface area contributed by atoms with Crippen molar-refractivity contribution in [3.05, 3.63) is 0 Å². The second kappa shape index (κ2) is 34.1. The third-order valence-electron chi connectivity index (χ3n) is 15.4. The average molecular weight is 1230 g/mol. The highest BCUT2D eigenvalue weighted by atomic mass is 16.8. The van der Waals surface area contributed by atoms with E-state index in [9.17, 15) is 91.9 Å². The molecular formula is C48H90N6O30. The van der Waals surface area contributed by atoms with Crippen molar-refractivity contribution in [3.8, 4) is 0 Å². The second-order valence-electron chi connectivity index (χ2n) is 21.3. The summed E-state index contributed by atoms with van der Waals surface area (Å²) in [6.07, 6.45) is -54.5. The molecule has 0 aromatic heterocycles. The highest BCUT2D eigenvalue weighted by molar-refractivity contribution is 5.02. The van der Waals surface area contributed by atoms with E-state index < -0.39 is 184 Å². The molecule has 36 nitrogen and oxygen atoms in total. The summed E-state index contributed by atoms with van der Waals surface area (Å²) in [5.74, 6) is 0. The minimum atomic E-state index is -2.09. The number of rotatable bonds is 24. The Balaban J connectivity index is 1.27. The minimum absolute atomic E-state index is 0.0416. The third-order valence-corrected chi connectivity index (χ3v) is 15.4. The topological polar surface area (TPSA) is 547 Å². The Kier molecular flexibility index (Phi) is 28.4. The van der Waals surface area contributed by atoms with Crippen molar-refractivity contribution < 1.29 is 149 Å². The number of ether oxygens (including phenoxy) is 12. The van der Waals surface area contributed by atoms with Crippen LogP contribution in [0.4, 0.5) is 0 Å². The van der Waals surface area contributed by atoms with Crippen molar-refractivity contribution >= 4 is 0 Å². The van der Waals surface area contributed by atoms with E-state index in [2.05, 4.69) is 31.9 Å². The van der Waals surface area contributed by atoms with E-state index in [0.717, 1.165) is 0 Å². The van der Waals surface area contributed by atoms with Crippen molar-refractivity contribution in [2.45, 2.75) is 184 Å². The van der Waals surface area contributed by atoms with Gasteiger partial charge in [0, 0.05) is 78.5 Å². The molecule has 22 heterocycles. The van der Waals surface area contributed by atoms with E-state index in [1.807, 2.05) is 0 Å². The van der Waals surface area contributed by atoms with Crippen LogP contribution in [0.1, 0.15) is 0 Å². The van der Waals surface area contributed by atoms with Crippen LogP contribution in [0.3, 0.4) is 0 Å². The van der Waals surface area contributed by atoms with Gasteiger partial charge in [0.05, 0.1) is 39.6 Å². The lowest BCUT2D eigenvalue weighted by Crippen LogP contribution is -2.70. The molecule has 84 heavy (non-hydrogen) atoms. The summed E-state index contributed by atoms with van der Waals surface area (Å²) in [5.41, 5.74) is 0. The van der Waals surface area contributed by atoms with Crippen molar-refractivity contribution in [3.63, 3.8) is 0 Å². The molecular weight excluding hydrogens is 1140 g/mol. The Bertz CT molecular complexity index is 1540. The van der Waals surface area contributed by atoms with Crippen LogP contribution in [-0.2, 0) is 56.8 Å². The molecule has 24 N–H and O–H groups in total. The molecule has 492 valence electrons. The highest BCUT2D eigenvalue weighted by Crippen LogP contribution is 2.38. The number of hydrogen-bond donors (Lipinski definition) is 24. The number of nitrogens with one attached hydrogen (secondary N) is 6. The first-order valence-electron chi connectivity index (χ1n) is 28.3. The molecule has 0 aliphatic carbocycles. The lowest BCUT2D eigenvalue weighted by molar-refractivity contribution is -0.399. The maximum Gasteiger partial charge on any atom is 0.187 e. The average Bonchev–Trinajstić information content (AvgIpc) is 3.59. The standard InChI is InChI=1S/C48H90N6O30/c55-7-1-49-13-19-37-25(61)31(67)43(73-19)80-38-20(14-50-2-8-56)75-45(33(69)27(38)63)82-40-22(16-52-4-10-58)77-47(35(71)29(40)65)84-42-24(18-54-6-12-60)78-48(36(72)30(42)66)83-41-23(17-53-5-11-59)76-46(34(70)28(41)64)81-39-21(15-51-3-9-57)74-44(79-37)32(68)26(39)62/h19-72H,1-18H2/t19-,20-,21-,22-,23-,24-,25-,26-,27-,28-,29-,30-,31-,32-,33-,34-,35-,36-,37-,38-,39-,40-,41-,42-,43-,44-,45-,46-,47-,48-/m1/s1. The fraction of sp³-hybridized carbons (Fsp3) is 1.00. The molecule has 36 heteroatoms. The summed E-state index contributed by atoms with van der Waals surface area (Å²) < 4.78 is 74.0. The second-order valence-corrected chi connectivity index (χ2v) is 21.3. The van der Waals surface area contributed by atoms with E-state index in [1.165, 1.54) is 0 Å². The summed E-state index contributed by atoms with van der Waals surface area (Å²) in [4.78, 5) is 0. The Hall–Kier alpha value is -1.44. The van der Waals surface area contributed by atoms with E-state index >= 15 is 0 Å². The molecule has 30 atom stereocenters. The summed E-state index contributed by atoms with van der Waals surface area (Å²) in [5, 5.41) is 217. The van der Waals surface area contributed by atoms with Crippen LogP contribution < -0.4 is 31.9 Å². The van der Waals surface area contributed by atoms with E-state index in [-0.39, 0.29) is 118 Å². The smallest absolute Gasteiger partial charge is 0.187 e. The molecule has 22 fully saturated rings. The minimum Gasteiger partial charge on any atom is -0.395 e. The van der Waals surface area contributed by atoms with E-state index in [1.54, 1.807) is 0 Å². The quantitative estimate of drug-likeness (QED) is 0.0399. The van der Waals surface area contributed by atoms with Gasteiger partial charge in [-0.25, -0.2) is 0 Å².